The molecule has 2 aliphatic rings. The van der Waals surface area contributed by atoms with Gasteiger partial charge in [-0.25, -0.2) is 0 Å². The van der Waals surface area contributed by atoms with E-state index < -0.39 is 0 Å². The second-order valence-corrected chi connectivity index (χ2v) is 5.85. The van der Waals surface area contributed by atoms with Crippen LogP contribution in [0.2, 0.25) is 0 Å². The normalized spacial score (nSPS) is 31.8. The average molecular weight is 251 g/mol. The van der Waals surface area contributed by atoms with Gasteiger partial charge in [0, 0.05) is 19.2 Å². The van der Waals surface area contributed by atoms with E-state index in [0.29, 0.717) is 18.2 Å². The summed E-state index contributed by atoms with van der Waals surface area (Å²) >= 11 is 1.54. The number of amides is 1. The van der Waals surface area contributed by atoms with Crippen molar-refractivity contribution in [2.24, 2.45) is 0 Å². The van der Waals surface area contributed by atoms with Gasteiger partial charge < -0.3 is 9.64 Å². The second-order valence-electron chi connectivity index (χ2n) is 4.90. The molecule has 0 N–H and O–H groups in total. The molecule has 2 saturated heterocycles. The molecule has 0 spiro atoms. The molecule has 3 heterocycles. The van der Waals surface area contributed by atoms with E-state index in [-0.39, 0.29) is 5.91 Å². The first-order valence-corrected chi connectivity index (χ1v) is 7.06. The number of hydrogen-bond donors (Lipinski definition) is 0. The fourth-order valence-corrected chi connectivity index (χ4v) is 3.85. The van der Waals surface area contributed by atoms with E-state index >= 15 is 0 Å². The van der Waals surface area contributed by atoms with Crippen LogP contribution in [0, 0.1) is 0 Å². The predicted molar refractivity (Wildman–Crippen MR) is 67.3 cm³/mol. The Kier molecular flexibility index (Phi) is 2.92. The highest BCUT2D eigenvalue weighted by molar-refractivity contribution is 7.12. The maximum atomic E-state index is 12.4. The Hall–Kier alpha value is -0.870. The minimum absolute atomic E-state index is 0.224. The highest BCUT2D eigenvalue weighted by Crippen LogP contribution is 2.38. The maximum Gasteiger partial charge on any atom is 0.264 e. The van der Waals surface area contributed by atoms with Gasteiger partial charge in [-0.05, 0) is 37.1 Å². The summed E-state index contributed by atoms with van der Waals surface area (Å²) < 4.78 is 5.46. The van der Waals surface area contributed by atoms with Gasteiger partial charge in [0.05, 0.1) is 11.0 Å². The molecule has 2 atom stereocenters. The molecule has 1 aromatic rings. The van der Waals surface area contributed by atoms with Gasteiger partial charge in [-0.2, -0.15) is 0 Å². The summed E-state index contributed by atoms with van der Waals surface area (Å²) in [6.45, 7) is 0. The van der Waals surface area contributed by atoms with Crippen molar-refractivity contribution in [2.75, 3.05) is 7.11 Å². The van der Waals surface area contributed by atoms with Gasteiger partial charge in [-0.15, -0.1) is 11.3 Å². The summed E-state index contributed by atoms with van der Waals surface area (Å²) in [5.74, 6) is 0.224. The molecule has 3 nitrogen and oxygen atoms in total. The Morgan fingerprint density at radius 3 is 2.65 bits per heavy atom. The van der Waals surface area contributed by atoms with E-state index in [4.69, 9.17) is 4.74 Å². The van der Waals surface area contributed by atoms with Gasteiger partial charge in [-0.3, -0.25) is 4.79 Å². The predicted octanol–water partition coefficient (Wildman–Crippen LogP) is 2.53. The average Bonchev–Trinajstić information content (AvgIpc) is 2.95. The van der Waals surface area contributed by atoms with Crippen LogP contribution < -0.4 is 0 Å². The fourth-order valence-electron chi connectivity index (χ4n) is 3.18. The molecule has 3 rings (SSSR count). The third-order valence-corrected chi connectivity index (χ3v) is 4.85. The number of ether oxygens (including phenoxy) is 1. The minimum atomic E-state index is 0.224. The molecule has 2 bridgehead atoms. The van der Waals surface area contributed by atoms with Crippen LogP contribution in [0.5, 0.6) is 0 Å². The summed E-state index contributed by atoms with van der Waals surface area (Å²) in [5, 5.41) is 1.97. The van der Waals surface area contributed by atoms with Gasteiger partial charge >= 0.3 is 0 Å². The second kappa shape index (κ2) is 4.42. The van der Waals surface area contributed by atoms with Gasteiger partial charge in [0.25, 0.3) is 5.91 Å². The first kappa shape index (κ1) is 11.2. The highest BCUT2D eigenvalue weighted by atomic mass is 32.1. The smallest absolute Gasteiger partial charge is 0.264 e. The molecular weight excluding hydrogens is 234 g/mol. The standard InChI is InChI=1S/C13H17NO2S/c1-16-11-7-9-4-5-10(8-11)14(9)13(15)12-3-2-6-17-12/h2-3,6,9-11H,4-5,7-8H2,1H3. The van der Waals surface area contributed by atoms with E-state index in [2.05, 4.69) is 4.90 Å². The molecule has 1 amide bonds. The number of methoxy groups -OCH3 is 1. The molecule has 2 unspecified atom stereocenters. The lowest BCUT2D eigenvalue weighted by Crippen LogP contribution is -2.48. The van der Waals surface area contributed by atoms with Crippen LogP contribution in [0.3, 0.4) is 0 Å². The number of hydrogen-bond acceptors (Lipinski definition) is 3. The number of carbonyl (C=O) groups is 1. The molecule has 0 radical (unpaired) electrons. The lowest BCUT2D eigenvalue weighted by Gasteiger charge is -2.38. The van der Waals surface area contributed by atoms with E-state index in [0.717, 1.165) is 30.6 Å². The van der Waals surface area contributed by atoms with Gasteiger partial charge in [0.1, 0.15) is 0 Å². The monoisotopic (exact) mass is 251 g/mol. The fraction of sp³-hybridized carbons (Fsp3) is 0.615. The Balaban J connectivity index is 1.79. The summed E-state index contributed by atoms with van der Waals surface area (Å²) in [5.41, 5.74) is 0. The number of nitrogens with zero attached hydrogens (tertiary/aromatic N) is 1. The van der Waals surface area contributed by atoms with Crippen LogP contribution >= 0.6 is 11.3 Å². The number of carbonyl (C=O) groups excluding carboxylic acids is 1. The number of piperidine rings is 1. The summed E-state index contributed by atoms with van der Waals surface area (Å²) in [6.07, 6.45) is 4.64. The van der Waals surface area contributed by atoms with Crippen molar-refractivity contribution < 1.29 is 9.53 Å². The van der Waals surface area contributed by atoms with Crippen molar-refractivity contribution in [3.8, 4) is 0 Å². The molecule has 2 fully saturated rings. The zero-order valence-corrected chi connectivity index (χ0v) is 10.8. The molecule has 0 aromatic carbocycles. The Bertz CT molecular complexity index is 390. The van der Waals surface area contributed by atoms with E-state index in [1.54, 1.807) is 18.4 Å². The molecule has 17 heavy (non-hydrogen) atoms. The van der Waals surface area contributed by atoms with Crippen molar-refractivity contribution in [1.82, 2.24) is 4.90 Å². The lowest BCUT2D eigenvalue weighted by molar-refractivity contribution is 0.00847. The summed E-state index contributed by atoms with van der Waals surface area (Å²) in [4.78, 5) is 15.4. The van der Waals surface area contributed by atoms with E-state index in [9.17, 15) is 4.79 Å². The first-order chi connectivity index (χ1) is 8.29. The molecule has 0 aliphatic carbocycles. The molecule has 1 aromatic heterocycles. The Morgan fingerprint density at radius 1 is 1.41 bits per heavy atom. The largest absolute Gasteiger partial charge is 0.381 e. The van der Waals surface area contributed by atoms with Gasteiger partial charge in [0.15, 0.2) is 0 Å². The zero-order chi connectivity index (χ0) is 11.8. The van der Waals surface area contributed by atoms with Crippen molar-refractivity contribution in [3.63, 3.8) is 0 Å². The lowest BCUT2D eigenvalue weighted by atomic mass is 9.99. The summed E-state index contributed by atoms with van der Waals surface area (Å²) in [6, 6.07) is 4.66. The minimum Gasteiger partial charge on any atom is -0.381 e. The Labute approximate surface area is 105 Å². The first-order valence-electron chi connectivity index (χ1n) is 6.18. The maximum absolute atomic E-state index is 12.4. The SMILES string of the molecule is COC1CC2CCC(C1)N2C(=O)c1cccs1. The molecular formula is C13H17NO2S. The molecule has 4 heteroatoms. The van der Waals surface area contributed by atoms with E-state index in [1.807, 2.05) is 17.5 Å². The van der Waals surface area contributed by atoms with Crippen molar-refractivity contribution in [1.29, 1.82) is 0 Å². The molecule has 92 valence electrons. The van der Waals surface area contributed by atoms with E-state index in [1.165, 1.54) is 0 Å². The van der Waals surface area contributed by atoms with Crippen LogP contribution in [-0.2, 0) is 4.74 Å². The quantitative estimate of drug-likeness (QED) is 0.808. The highest BCUT2D eigenvalue weighted by Gasteiger charge is 2.43. The number of fused-ring (bicyclic) bond motifs is 2. The van der Waals surface area contributed by atoms with Crippen molar-refractivity contribution in [3.05, 3.63) is 22.4 Å². The third-order valence-electron chi connectivity index (χ3n) is 3.99. The van der Waals surface area contributed by atoms with Crippen LogP contribution in [-0.4, -0.2) is 36.1 Å². The van der Waals surface area contributed by atoms with Crippen molar-refractivity contribution in [2.45, 2.75) is 43.9 Å². The number of thiophene rings is 1. The van der Waals surface area contributed by atoms with Crippen LogP contribution in [0.15, 0.2) is 17.5 Å². The summed E-state index contributed by atoms with van der Waals surface area (Å²) in [7, 11) is 1.78. The van der Waals surface area contributed by atoms with Crippen LogP contribution in [0.4, 0.5) is 0 Å². The van der Waals surface area contributed by atoms with Crippen molar-refractivity contribution >= 4 is 17.2 Å². The third kappa shape index (κ3) is 1.89. The van der Waals surface area contributed by atoms with Crippen LogP contribution in [0.25, 0.3) is 0 Å². The Morgan fingerprint density at radius 2 is 2.12 bits per heavy atom. The molecule has 2 aliphatic heterocycles. The number of rotatable bonds is 2. The van der Waals surface area contributed by atoms with Crippen LogP contribution in [0.1, 0.15) is 35.4 Å². The van der Waals surface area contributed by atoms with Gasteiger partial charge in [0.2, 0.25) is 0 Å². The zero-order valence-electron chi connectivity index (χ0n) is 9.96. The molecule has 0 saturated carbocycles. The van der Waals surface area contributed by atoms with Gasteiger partial charge in [-0.1, -0.05) is 6.07 Å². The topological polar surface area (TPSA) is 29.5 Å².